The van der Waals surface area contributed by atoms with E-state index in [1.807, 2.05) is 0 Å². The molecule has 0 amide bonds. The number of oxime groups is 4. The molecule has 21 heteroatoms. The van der Waals surface area contributed by atoms with Crippen molar-refractivity contribution in [3.05, 3.63) is 152 Å². The number of hydrogen-bond donors (Lipinski definition) is 3. The van der Waals surface area contributed by atoms with E-state index in [-0.39, 0.29) is 65.3 Å². The zero-order valence-corrected chi connectivity index (χ0v) is 28.4. The molecule has 0 saturated heterocycles. The van der Waals surface area contributed by atoms with Crippen LogP contribution in [0.15, 0.2) is 98.5 Å². The third-order valence-electron chi connectivity index (χ3n) is 6.69. The number of rotatable bonds is 7. The van der Waals surface area contributed by atoms with Gasteiger partial charge in [0.1, 0.15) is 52.6 Å². The van der Waals surface area contributed by atoms with E-state index in [0.717, 1.165) is 48.7 Å². The van der Waals surface area contributed by atoms with Gasteiger partial charge in [-0.05, 0) is 54.1 Å². The van der Waals surface area contributed by atoms with Crippen molar-refractivity contribution in [2.45, 2.75) is 54.8 Å². The average Bonchev–Trinajstić information content (AvgIpc) is 3.80. The molecule has 0 fully saturated rings. The molecule has 3 N–H and O–H groups in total. The first-order valence-corrected chi connectivity index (χ1v) is 15.6. The molecule has 6 rings (SSSR count). The molecule has 0 aliphatic carbocycles. The van der Waals surface area contributed by atoms with Crippen LogP contribution < -0.4 is 0 Å². The fraction of sp³-hybridized carbons (Fsp3) is 0.263. The van der Waals surface area contributed by atoms with Crippen molar-refractivity contribution in [2.75, 3.05) is 13.2 Å². The van der Waals surface area contributed by atoms with Crippen molar-refractivity contribution in [3.63, 3.8) is 0 Å². The normalized spacial score (nSPS) is 14.7. The van der Waals surface area contributed by atoms with Gasteiger partial charge >= 0.3 is 0 Å². The predicted molar refractivity (Wildman–Crippen MR) is 209 cm³/mol. The highest BCUT2D eigenvalue weighted by molar-refractivity contribution is 6.69. The first-order valence-electron chi connectivity index (χ1n) is 15.2. The molecule has 0 saturated carbocycles. The van der Waals surface area contributed by atoms with Crippen molar-refractivity contribution in [1.82, 2.24) is 0 Å². The van der Waals surface area contributed by atoms with Gasteiger partial charge in [0.2, 0.25) is 0 Å². The van der Waals surface area contributed by atoms with Crippen LogP contribution in [-0.4, -0.2) is 63.7 Å². The van der Waals surface area contributed by atoms with E-state index >= 15 is 0 Å². The topological polar surface area (TPSA) is 177 Å². The minimum absolute atomic E-state index is 0. The van der Waals surface area contributed by atoms with Crippen LogP contribution in [0.1, 0.15) is 64.8 Å². The van der Waals surface area contributed by atoms with E-state index in [1.165, 1.54) is 24.3 Å². The van der Waals surface area contributed by atoms with E-state index in [1.54, 1.807) is 0 Å². The van der Waals surface area contributed by atoms with Crippen LogP contribution in [0.25, 0.3) is 10.4 Å². The molecule has 2 atom stereocenters. The summed E-state index contributed by atoms with van der Waals surface area (Å²) in [6, 6.07) is 11.8. The number of azide groups is 1. The predicted octanol–water partition coefficient (Wildman–Crippen LogP) is 10.9. The molecule has 2 heterocycles. The van der Waals surface area contributed by atoms with Gasteiger partial charge < -0.3 is 25.2 Å². The van der Waals surface area contributed by atoms with Crippen LogP contribution in [0.2, 0.25) is 0 Å². The Labute approximate surface area is 340 Å². The van der Waals surface area contributed by atoms with Crippen LogP contribution in [-0.2, 0) is 9.68 Å². The Bertz CT molecular complexity index is 2040. The van der Waals surface area contributed by atoms with Crippen LogP contribution in [0.3, 0.4) is 0 Å². The second-order valence-corrected chi connectivity index (χ2v) is 11.2. The maximum Gasteiger partial charge on any atom is 0.175 e. The molecule has 59 heavy (non-hydrogen) atoms. The monoisotopic (exact) mass is 863 g/mol. The summed E-state index contributed by atoms with van der Waals surface area (Å²) < 4.78 is 101. The summed E-state index contributed by atoms with van der Waals surface area (Å²) >= 11 is 5.30. The smallest absolute Gasteiger partial charge is 0.175 e. The van der Waals surface area contributed by atoms with Gasteiger partial charge in [-0.2, -0.15) is 0 Å². The van der Waals surface area contributed by atoms with Crippen LogP contribution in [0.5, 0.6) is 0 Å². The summed E-state index contributed by atoms with van der Waals surface area (Å²) in [5, 5.41) is 40.6. The van der Waals surface area contributed by atoms with E-state index in [0.29, 0.717) is 41.5 Å². The third kappa shape index (κ3) is 18.7. The quantitative estimate of drug-likeness (QED) is 0.0318. The summed E-state index contributed by atoms with van der Waals surface area (Å²) in [5.74, 6) is -5.57. The lowest BCUT2D eigenvalue weighted by Crippen LogP contribution is -2.12. The number of hydrogen-bond acceptors (Lipinski definition) is 10. The highest BCUT2D eigenvalue weighted by Crippen LogP contribution is 2.20. The first-order chi connectivity index (χ1) is 26.2. The van der Waals surface area contributed by atoms with Crippen LogP contribution in [0, 0.1) is 46.5 Å². The lowest BCUT2D eigenvalue weighted by Gasteiger charge is -2.02. The van der Waals surface area contributed by atoms with Gasteiger partial charge in [-0.3, -0.25) is 0 Å². The largest absolute Gasteiger partial charge is 0.411 e. The molecule has 2 aliphatic heterocycles. The van der Waals surface area contributed by atoms with E-state index < -0.39 is 52.6 Å². The lowest BCUT2D eigenvalue weighted by molar-refractivity contribution is 0.0390. The van der Waals surface area contributed by atoms with Crippen molar-refractivity contribution in [1.29, 1.82) is 0 Å². The maximum atomic E-state index is 13.0. The highest BCUT2D eigenvalue weighted by Gasteiger charge is 2.23. The van der Waals surface area contributed by atoms with Gasteiger partial charge in [0.15, 0.2) is 11.3 Å². The van der Waals surface area contributed by atoms with Gasteiger partial charge in [0.25, 0.3) is 0 Å². The maximum absolute atomic E-state index is 13.0. The number of aliphatic hydroxyl groups is 1. The van der Waals surface area contributed by atoms with Crippen molar-refractivity contribution in [3.8, 4) is 0 Å². The zero-order valence-electron chi connectivity index (χ0n) is 27.7. The van der Waals surface area contributed by atoms with Gasteiger partial charge in [-0.15, -0.1) is 0 Å². The number of aliphatic hydroxyl groups excluding tert-OH is 1. The van der Waals surface area contributed by atoms with Crippen LogP contribution >= 0.6 is 11.6 Å². The molecular weight excluding hydrogens is 822 g/mol. The summed E-state index contributed by atoms with van der Waals surface area (Å²) in [4.78, 5) is 12.4. The molecule has 0 bridgehead atoms. The van der Waals surface area contributed by atoms with Crippen molar-refractivity contribution in [2.24, 2.45) is 25.7 Å². The Hall–Kier alpha value is -6.24. The van der Waals surface area contributed by atoms with Crippen molar-refractivity contribution >= 4 is 34.4 Å². The Kier molecular flexibility index (Phi) is 25.5. The Morgan fingerprint density at radius 2 is 1.03 bits per heavy atom. The fourth-order valence-electron chi connectivity index (χ4n) is 4.41. The Morgan fingerprint density at radius 1 is 0.661 bits per heavy atom. The standard InChI is InChI=1S/C10H8F2N4O.C10H9F2NO2.C7H4ClF2NO.C7H5F2NO.4CH4/c11-7-1-6(2-8(12)3-7)10-4-9(17-15-10)5-14-16-13;11-7-1-6(2-8(12)3-7)10-4-9(5-14)15-13-10;8-7(11-12)4-1-5(9)3-6(10)2-4;8-6-1-5(4-10-11)2-7(9)3-6;;;;/h1-3,9H,4-5H2;1-3,9,14H,4-5H2;1-3,12H;1-4,11H;4*1H4/b;;11-7+;10-4-;;;;/t2*9-;;;;;;/m11....../s1. The minimum atomic E-state index is -0.771. The van der Waals surface area contributed by atoms with E-state index in [9.17, 15) is 35.1 Å². The van der Waals surface area contributed by atoms with Crippen LogP contribution in [0.4, 0.5) is 35.1 Å². The number of nitrogens with zero attached hydrogens (tertiary/aromatic N) is 7. The number of benzene rings is 4. The highest BCUT2D eigenvalue weighted by atomic mass is 35.5. The Balaban J connectivity index is 0. The number of halogens is 9. The molecule has 2 aliphatic rings. The van der Waals surface area contributed by atoms with E-state index in [4.69, 9.17) is 42.3 Å². The molecule has 0 unspecified atom stereocenters. The fourth-order valence-corrected chi connectivity index (χ4v) is 4.52. The molecule has 4 aromatic rings. The lowest BCUT2D eigenvalue weighted by atomic mass is 10.0. The van der Waals surface area contributed by atoms with Gasteiger partial charge in [0.05, 0.1) is 30.8 Å². The van der Waals surface area contributed by atoms with Crippen molar-refractivity contribution < 1.29 is 60.3 Å². The third-order valence-corrected chi connectivity index (χ3v) is 6.98. The van der Waals surface area contributed by atoms with Gasteiger partial charge in [-0.25, -0.2) is 35.1 Å². The van der Waals surface area contributed by atoms with Gasteiger partial charge in [0, 0.05) is 64.3 Å². The molecule has 4 aromatic carbocycles. The Morgan fingerprint density at radius 3 is 1.39 bits per heavy atom. The first kappa shape index (κ1) is 54.9. The molecule has 322 valence electrons. The molecule has 12 nitrogen and oxygen atoms in total. The summed E-state index contributed by atoms with van der Waals surface area (Å²) in [6.45, 7) is -0.0217. The summed E-state index contributed by atoms with van der Waals surface area (Å²) in [5.41, 5.74) is 9.92. The second kappa shape index (κ2) is 27.4. The molecule has 0 spiro atoms. The molecular formula is C38H42ClF8N7O5. The minimum Gasteiger partial charge on any atom is -0.411 e. The zero-order chi connectivity index (χ0) is 40.5. The van der Waals surface area contributed by atoms with Gasteiger partial charge in [-0.1, -0.05) is 67.0 Å². The SMILES string of the molecule is C.C.C.C.O/N=C(/Cl)c1cc(F)cc(F)c1.O/N=C\c1cc(F)cc(F)c1.OC[C@H]1CC(c2cc(F)cc(F)c2)=NO1.[N-]=[N+]=NC[C@H]1CC(c2cc(F)cc(F)c2)=NO1. The molecule has 0 aromatic heterocycles. The van der Waals surface area contributed by atoms with E-state index in [2.05, 4.69) is 30.6 Å². The summed E-state index contributed by atoms with van der Waals surface area (Å²) in [7, 11) is 0. The molecule has 0 radical (unpaired) electrons. The second-order valence-electron chi connectivity index (χ2n) is 10.8. The summed E-state index contributed by atoms with van der Waals surface area (Å²) in [6.07, 6.45) is 0.895. The average molecular weight is 864 g/mol.